The van der Waals surface area contributed by atoms with Crippen molar-refractivity contribution >= 4 is 23.3 Å². The minimum absolute atomic E-state index is 0.0244. The van der Waals surface area contributed by atoms with Crippen molar-refractivity contribution in [2.75, 3.05) is 11.4 Å². The van der Waals surface area contributed by atoms with E-state index in [0.717, 1.165) is 23.4 Å². The molecule has 1 N–H and O–H groups in total. The molecule has 0 bridgehead atoms. The van der Waals surface area contributed by atoms with E-state index in [2.05, 4.69) is 0 Å². The first kappa shape index (κ1) is 13.0. The second-order valence-electron chi connectivity index (χ2n) is 4.30. The number of carbonyl (C=O) groups is 3. The predicted octanol–water partition coefficient (Wildman–Crippen LogP) is 1.42. The molecule has 1 aromatic rings. The summed E-state index contributed by atoms with van der Waals surface area (Å²) in [6.07, 6.45) is 2.55. The number of nitrogens with zero attached hydrogens (tertiary/aromatic N) is 1. The van der Waals surface area contributed by atoms with Crippen molar-refractivity contribution in [1.82, 2.24) is 0 Å². The number of carboxylic acids is 1. The zero-order chi connectivity index (χ0) is 14.0. The van der Waals surface area contributed by atoms with Crippen LogP contribution in [0.25, 0.3) is 0 Å². The van der Waals surface area contributed by atoms with E-state index in [0.29, 0.717) is 18.5 Å². The highest BCUT2D eigenvalue weighted by molar-refractivity contribution is 6.07. The number of benzene rings is 1. The Balaban J connectivity index is 2.26. The number of carbonyl (C=O) groups excluding carboxylic acids is 2. The van der Waals surface area contributed by atoms with Crippen LogP contribution < -0.4 is 4.90 Å². The van der Waals surface area contributed by atoms with Gasteiger partial charge in [0.2, 0.25) is 5.91 Å². The number of fused-ring (bicyclic) bond motifs is 1. The van der Waals surface area contributed by atoms with Gasteiger partial charge in [-0.3, -0.25) is 9.59 Å². The molecule has 0 fully saturated rings. The SMILES string of the molecule is CC(=O)N1CCc2cc(C(=O)/C=C/C(=O)O)ccc21. The summed E-state index contributed by atoms with van der Waals surface area (Å²) in [5, 5.41) is 8.48. The van der Waals surface area contributed by atoms with Crippen LogP contribution >= 0.6 is 0 Å². The molecule has 1 heterocycles. The Morgan fingerprint density at radius 3 is 2.63 bits per heavy atom. The molecule has 0 aromatic heterocycles. The first-order valence-corrected chi connectivity index (χ1v) is 5.85. The van der Waals surface area contributed by atoms with Gasteiger partial charge in [0.25, 0.3) is 0 Å². The molecule has 5 nitrogen and oxygen atoms in total. The molecule has 0 saturated carbocycles. The monoisotopic (exact) mass is 259 g/mol. The molecule has 0 radical (unpaired) electrons. The number of allylic oxidation sites excluding steroid dienone is 1. The summed E-state index contributed by atoms with van der Waals surface area (Å²) in [6.45, 7) is 2.12. The molecule has 19 heavy (non-hydrogen) atoms. The van der Waals surface area contributed by atoms with Crippen molar-refractivity contribution in [3.8, 4) is 0 Å². The van der Waals surface area contributed by atoms with Crippen LogP contribution in [-0.4, -0.2) is 29.3 Å². The van der Waals surface area contributed by atoms with E-state index in [1.165, 1.54) is 6.92 Å². The second kappa shape index (κ2) is 5.06. The zero-order valence-corrected chi connectivity index (χ0v) is 10.4. The van der Waals surface area contributed by atoms with E-state index in [-0.39, 0.29) is 11.7 Å². The summed E-state index contributed by atoms with van der Waals surface area (Å²) in [7, 11) is 0. The Morgan fingerprint density at radius 2 is 2.00 bits per heavy atom. The average molecular weight is 259 g/mol. The van der Waals surface area contributed by atoms with E-state index in [1.807, 2.05) is 0 Å². The molecule has 0 unspecified atom stereocenters. The third kappa shape index (κ3) is 2.70. The van der Waals surface area contributed by atoms with Gasteiger partial charge >= 0.3 is 5.97 Å². The Kier molecular flexibility index (Phi) is 3.46. The van der Waals surface area contributed by atoms with E-state index < -0.39 is 5.97 Å². The van der Waals surface area contributed by atoms with E-state index >= 15 is 0 Å². The van der Waals surface area contributed by atoms with Gasteiger partial charge in [0.1, 0.15) is 0 Å². The summed E-state index contributed by atoms with van der Waals surface area (Å²) in [5.41, 5.74) is 2.19. The predicted molar refractivity (Wildman–Crippen MR) is 69.3 cm³/mol. The molecule has 1 aromatic carbocycles. The summed E-state index contributed by atoms with van der Waals surface area (Å²) in [4.78, 5) is 35.1. The Bertz CT molecular complexity index is 589. The van der Waals surface area contributed by atoms with E-state index in [9.17, 15) is 14.4 Å². The maximum Gasteiger partial charge on any atom is 0.328 e. The number of ketones is 1. The molecule has 0 saturated heterocycles. The Morgan fingerprint density at radius 1 is 1.26 bits per heavy atom. The maximum absolute atomic E-state index is 11.7. The number of hydrogen-bond donors (Lipinski definition) is 1. The standard InChI is InChI=1S/C14H13NO4/c1-9(16)15-7-6-10-8-11(2-3-12(10)15)13(17)4-5-14(18)19/h2-5,8H,6-7H2,1H3,(H,18,19)/b5-4+. The van der Waals surface area contributed by atoms with Crippen LogP contribution in [0.2, 0.25) is 0 Å². The minimum atomic E-state index is -1.16. The fraction of sp³-hybridized carbons (Fsp3) is 0.214. The fourth-order valence-corrected chi connectivity index (χ4v) is 2.13. The molecule has 2 rings (SSSR count). The Labute approximate surface area is 110 Å². The maximum atomic E-state index is 11.7. The number of hydrogen-bond acceptors (Lipinski definition) is 3. The van der Waals surface area contributed by atoms with Crippen LogP contribution in [0.4, 0.5) is 5.69 Å². The van der Waals surface area contributed by atoms with Crippen molar-refractivity contribution in [3.05, 3.63) is 41.5 Å². The van der Waals surface area contributed by atoms with Gasteiger partial charge in [-0.15, -0.1) is 0 Å². The van der Waals surface area contributed by atoms with Gasteiger partial charge in [0.15, 0.2) is 5.78 Å². The molecule has 1 aliphatic heterocycles. The van der Waals surface area contributed by atoms with Crippen LogP contribution in [0.3, 0.4) is 0 Å². The van der Waals surface area contributed by atoms with Crippen LogP contribution in [0.15, 0.2) is 30.4 Å². The number of rotatable bonds is 3. The minimum Gasteiger partial charge on any atom is -0.478 e. The Hall–Kier alpha value is -2.43. The van der Waals surface area contributed by atoms with Crippen molar-refractivity contribution in [3.63, 3.8) is 0 Å². The lowest BCUT2D eigenvalue weighted by Crippen LogP contribution is -2.25. The lowest BCUT2D eigenvalue weighted by Gasteiger charge is -2.14. The number of amides is 1. The second-order valence-corrected chi connectivity index (χ2v) is 4.30. The first-order valence-electron chi connectivity index (χ1n) is 5.85. The highest BCUT2D eigenvalue weighted by Gasteiger charge is 2.22. The lowest BCUT2D eigenvalue weighted by molar-refractivity contribution is -0.131. The largest absolute Gasteiger partial charge is 0.478 e. The summed E-state index contributed by atoms with van der Waals surface area (Å²) >= 11 is 0. The van der Waals surface area contributed by atoms with Crippen molar-refractivity contribution in [2.45, 2.75) is 13.3 Å². The highest BCUT2D eigenvalue weighted by atomic mass is 16.4. The molecule has 0 aliphatic carbocycles. The van der Waals surface area contributed by atoms with Crippen LogP contribution in [0.1, 0.15) is 22.8 Å². The van der Waals surface area contributed by atoms with E-state index in [4.69, 9.17) is 5.11 Å². The van der Waals surface area contributed by atoms with Gasteiger partial charge in [-0.05, 0) is 36.3 Å². The van der Waals surface area contributed by atoms with Crippen LogP contribution in [0.5, 0.6) is 0 Å². The van der Waals surface area contributed by atoms with Gasteiger partial charge in [0.05, 0.1) is 0 Å². The van der Waals surface area contributed by atoms with Gasteiger partial charge in [-0.1, -0.05) is 0 Å². The molecule has 1 amide bonds. The fourth-order valence-electron chi connectivity index (χ4n) is 2.13. The van der Waals surface area contributed by atoms with Crippen LogP contribution in [-0.2, 0) is 16.0 Å². The molecule has 0 atom stereocenters. The van der Waals surface area contributed by atoms with Gasteiger partial charge in [-0.25, -0.2) is 4.79 Å². The normalized spacial score (nSPS) is 13.6. The third-order valence-corrected chi connectivity index (χ3v) is 3.02. The van der Waals surface area contributed by atoms with Gasteiger partial charge in [0, 0.05) is 30.8 Å². The molecular formula is C14H13NO4. The molecule has 98 valence electrons. The molecule has 0 spiro atoms. The van der Waals surface area contributed by atoms with Gasteiger partial charge in [-0.2, -0.15) is 0 Å². The summed E-state index contributed by atoms with van der Waals surface area (Å²) in [6, 6.07) is 5.05. The molecular weight excluding hydrogens is 246 g/mol. The van der Waals surface area contributed by atoms with Crippen LogP contribution in [0, 0.1) is 0 Å². The van der Waals surface area contributed by atoms with Crippen molar-refractivity contribution < 1.29 is 19.5 Å². The highest BCUT2D eigenvalue weighted by Crippen LogP contribution is 2.29. The van der Waals surface area contributed by atoms with Crippen molar-refractivity contribution in [2.24, 2.45) is 0 Å². The third-order valence-electron chi connectivity index (χ3n) is 3.02. The topological polar surface area (TPSA) is 74.7 Å². The quantitative estimate of drug-likeness (QED) is 0.658. The summed E-state index contributed by atoms with van der Waals surface area (Å²) < 4.78 is 0. The smallest absolute Gasteiger partial charge is 0.328 e. The number of carboxylic acid groups (broad SMARTS) is 1. The average Bonchev–Trinajstić information content (AvgIpc) is 2.78. The van der Waals surface area contributed by atoms with Crippen molar-refractivity contribution in [1.29, 1.82) is 0 Å². The molecule has 1 aliphatic rings. The van der Waals surface area contributed by atoms with Gasteiger partial charge < -0.3 is 10.0 Å². The first-order chi connectivity index (χ1) is 8.99. The lowest BCUT2D eigenvalue weighted by atomic mass is 10.0. The molecule has 5 heteroatoms. The number of anilines is 1. The number of aliphatic carboxylic acids is 1. The van der Waals surface area contributed by atoms with E-state index in [1.54, 1.807) is 23.1 Å². The summed E-state index contributed by atoms with van der Waals surface area (Å²) in [5.74, 6) is -1.53. The zero-order valence-electron chi connectivity index (χ0n) is 10.4.